The van der Waals surface area contributed by atoms with Crippen LogP contribution in [0.5, 0.6) is 11.6 Å². The molecule has 28 heavy (non-hydrogen) atoms. The molecule has 1 saturated heterocycles. The second-order valence-corrected chi connectivity index (χ2v) is 6.92. The van der Waals surface area contributed by atoms with E-state index in [2.05, 4.69) is 41.1 Å². The number of piperazine rings is 1. The second kappa shape index (κ2) is 8.13. The molecule has 5 nitrogen and oxygen atoms in total. The molecule has 5 heteroatoms. The molecule has 0 saturated carbocycles. The van der Waals surface area contributed by atoms with Crippen molar-refractivity contribution in [3.05, 3.63) is 84.1 Å². The Morgan fingerprint density at radius 2 is 1.75 bits per heavy atom. The third-order valence-corrected chi connectivity index (χ3v) is 4.87. The van der Waals surface area contributed by atoms with Crippen LogP contribution in [0.15, 0.2) is 72.9 Å². The first-order chi connectivity index (χ1) is 13.7. The summed E-state index contributed by atoms with van der Waals surface area (Å²) in [7, 11) is 0. The third kappa shape index (κ3) is 4.14. The number of amides is 1. The van der Waals surface area contributed by atoms with Crippen LogP contribution >= 0.6 is 0 Å². The number of pyridine rings is 1. The highest BCUT2D eigenvalue weighted by Gasteiger charge is 2.22. The van der Waals surface area contributed by atoms with Crippen molar-refractivity contribution >= 4 is 11.6 Å². The van der Waals surface area contributed by atoms with Crippen LogP contribution in [0.2, 0.25) is 0 Å². The molecule has 1 amide bonds. The van der Waals surface area contributed by atoms with Gasteiger partial charge < -0.3 is 14.5 Å². The van der Waals surface area contributed by atoms with Crippen molar-refractivity contribution in [1.82, 2.24) is 9.88 Å². The second-order valence-electron chi connectivity index (χ2n) is 6.92. The van der Waals surface area contributed by atoms with Gasteiger partial charge in [0.25, 0.3) is 5.91 Å². The van der Waals surface area contributed by atoms with Gasteiger partial charge in [-0.1, -0.05) is 24.3 Å². The van der Waals surface area contributed by atoms with Gasteiger partial charge in [0.05, 0.1) is 0 Å². The highest BCUT2D eigenvalue weighted by molar-refractivity contribution is 5.94. The number of benzene rings is 2. The number of rotatable bonds is 4. The summed E-state index contributed by atoms with van der Waals surface area (Å²) in [5.74, 6) is 1.16. The number of carbonyl (C=O) groups excluding carboxylic acids is 1. The minimum atomic E-state index is 0.0374. The lowest BCUT2D eigenvalue weighted by molar-refractivity contribution is 0.0746. The van der Waals surface area contributed by atoms with E-state index in [0.29, 0.717) is 30.3 Å². The predicted octanol–water partition coefficient (Wildman–Crippen LogP) is 4.14. The van der Waals surface area contributed by atoms with E-state index in [0.717, 1.165) is 13.1 Å². The molecule has 0 unspecified atom stereocenters. The molecule has 142 valence electrons. The SMILES string of the molecule is Cc1cccc(N2CCN(C(=O)c3cccc(Oc4ccccn4)c3)CC2)c1. The van der Waals surface area contributed by atoms with Gasteiger partial charge >= 0.3 is 0 Å². The van der Waals surface area contributed by atoms with Crippen molar-refractivity contribution < 1.29 is 9.53 Å². The van der Waals surface area contributed by atoms with Crippen LogP contribution in [-0.4, -0.2) is 42.0 Å². The van der Waals surface area contributed by atoms with Crippen molar-refractivity contribution in [3.63, 3.8) is 0 Å². The zero-order chi connectivity index (χ0) is 19.3. The fraction of sp³-hybridized carbons (Fsp3) is 0.217. The Morgan fingerprint density at radius 1 is 0.929 bits per heavy atom. The van der Waals surface area contributed by atoms with E-state index in [4.69, 9.17) is 4.74 Å². The van der Waals surface area contributed by atoms with Crippen molar-refractivity contribution in [1.29, 1.82) is 0 Å². The summed E-state index contributed by atoms with van der Waals surface area (Å²) in [6.07, 6.45) is 1.68. The fourth-order valence-electron chi connectivity index (χ4n) is 3.40. The zero-order valence-corrected chi connectivity index (χ0v) is 15.9. The average molecular weight is 373 g/mol. The summed E-state index contributed by atoms with van der Waals surface area (Å²) in [6.45, 7) is 5.18. The van der Waals surface area contributed by atoms with Crippen molar-refractivity contribution in [2.75, 3.05) is 31.1 Å². The van der Waals surface area contributed by atoms with E-state index in [1.165, 1.54) is 11.3 Å². The van der Waals surface area contributed by atoms with Crippen molar-refractivity contribution in [2.24, 2.45) is 0 Å². The normalized spacial score (nSPS) is 14.0. The van der Waals surface area contributed by atoms with E-state index in [1.807, 2.05) is 35.2 Å². The molecule has 1 aliphatic rings. The maximum absolute atomic E-state index is 12.9. The molecule has 3 aromatic rings. The summed E-state index contributed by atoms with van der Waals surface area (Å²) >= 11 is 0. The first-order valence-electron chi connectivity index (χ1n) is 9.49. The highest BCUT2D eigenvalue weighted by Crippen LogP contribution is 2.22. The van der Waals surface area contributed by atoms with Gasteiger partial charge in [0.15, 0.2) is 0 Å². The van der Waals surface area contributed by atoms with Crippen molar-refractivity contribution in [3.8, 4) is 11.6 Å². The minimum absolute atomic E-state index is 0.0374. The molecule has 1 fully saturated rings. The molecule has 0 bridgehead atoms. The van der Waals surface area contributed by atoms with Crippen molar-refractivity contribution in [2.45, 2.75) is 6.92 Å². The van der Waals surface area contributed by atoms with E-state index in [-0.39, 0.29) is 5.91 Å². The molecule has 0 radical (unpaired) electrons. The molecule has 0 aliphatic carbocycles. The van der Waals surface area contributed by atoms with Gasteiger partial charge in [-0.05, 0) is 48.9 Å². The van der Waals surface area contributed by atoms with Crippen LogP contribution in [-0.2, 0) is 0 Å². The fourth-order valence-corrected chi connectivity index (χ4v) is 3.40. The largest absolute Gasteiger partial charge is 0.439 e. The topological polar surface area (TPSA) is 45.7 Å². The molecule has 0 atom stereocenters. The number of ether oxygens (including phenoxy) is 1. The van der Waals surface area contributed by atoms with Gasteiger partial charge in [-0.2, -0.15) is 0 Å². The number of hydrogen-bond acceptors (Lipinski definition) is 4. The van der Waals surface area contributed by atoms with E-state index in [1.54, 1.807) is 18.3 Å². The van der Waals surface area contributed by atoms with E-state index in [9.17, 15) is 4.79 Å². The van der Waals surface area contributed by atoms with Gasteiger partial charge in [-0.3, -0.25) is 4.79 Å². The number of aromatic nitrogens is 1. The number of hydrogen-bond donors (Lipinski definition) is 0. The lowest BCUT2D eigenvalue weighted by atomic mass is 10.1. The van der Waals surface area contributed by atoms with E-state index < -0.39 is 0 Å². The molecule has 4 rings (SSSR count). The summed E-state index contributed by atoms with van der Waals surface area (Å²) in [6, 6.07) is 21.3. The van der Waals surface area contributed by atoms with Gasteiger partial charge in [-0.25, -0.2) is 4.98 Å². The Kier molecular flexibility index (Phi) is 5.24. The average Bonchev–Trinajstić information content (AvgIpc) is 2.74. The number of carbonyl (C=O) groups is 1. The molecule has 2 heterocycles. The quantitative estimate of drug-likeness (QED) is 0.689. The van der Waals surface area contributed by atoms with Gasteiger partial charge in [-0.15, -0.1) is 0 Å². The Bertz CT molecular complexity index is 951. The molecule has 0 N–H and O–H groups in total. The molecule has 1 aliphatic heterocycles. The third-order valence-electron chi connectivity index (χ3n) is 4.87. The van der Waals surface area contributed by atoms with Crippen LogP contribution in [0.4, 0.5) is 5.69 Å². The molecule has 1 aromatic heterocycles. The van der Waals surface area contributed by atoms with Crippen LogP contribution in [0.3, 0.4) is 0 Å². The number of aryl methyl sites for hydroxylation is 1. The summed E-state index contributed by atoms with van der Waals surface area (Å²) in [5, 5.41) is 0. The van der Waals surface area contributed by atoms with Gasteiger partial charge in [0.1, 0.15) is 5.75 Å². The number of anilines is 1. The maximum Gasteiger partial charge on any atom is 0.254 e. The predicted molar refractivity (Wildman–Crippen MR) is 110 cm³/mol. The molecular weight excluding hydrogens is 350 g/mol. The minimum Gasteiger partial charge on any atom is -0.439 e. The molecule has 0 spiro atoms. The Labute approximate surface area is 165 Å². The smallest absolute Gasteiger partial charge is 0.254 e. The van der Waals surface area contributed by atoms with Crippen LogP contribution in [0, 0.1) is 6.92 Å². The van der Waals surface area contributed by atoms with Crippen LogP contribution < -0.4 is 9.64 Å². The lowest BCUT2D eigenvalue weighted by Gasteiger charge is -2.36. The van der Waals surface area contributed by atoms with Gasteiger partial charge in [0, 0.05) is 49.7 Å². The monoisotopic (exact) mass is 373 g/mol. The van der Waals surface area contributed by atoms with E-state index >= 15 is 0 Å². The zero-order valence-electron chi connectivity index (χ0n) is 15.9. The van der Waals surface area contributed by atoms with Gasteiger partial charge in [0.2, 0.25) is 5.88 Å². The summed E-state index contributed by atoms with van der Waals surface area (Å²) < 4.78 is 5.75. The van der Waals surface area contributed by atoms with Crippen LogP contribution in [0.1, 0.15) is 15.9 Å². The Balaban J connectivity index is 1.41. The summed E-state index contributed by atoms with van der Waals surface area (Å²) in [5.41, 5.74) is 3.11. The summed E-state index contributed by atoms with van der Waals surface area (Å²) in [4.78, 5) is 21.3. The van der Waals surface area contributed by atoms with Crippen LogP contribution in [0.25, 0.3) is 0 Å². The first kappa shape index (κ1) is 18.0. The number of nitrogens with zero attached hydrogens (tertiary/aromatic N) is 3. The highest BCUT2D eigenvalue weighted by atomic mass is 16.5. The Hall–Kier alpha value is -3.34. The Morgan fingerprint density at radius 3 is 2.50 bits per heavy atom. The lowest BCUT2D eigenvalue weighted by Crippen LogP contribution is -2.48. The first-order valence-corrected chi connectivity index (χ1v) is 9.49. The standard InChI is InChI=1S/C23H23N3O2/c1-18-6-4-8-20(16-18)25-12-14-26(15-13-25)23(27)19-7-5-9-21(17-19)28-22-10-2-3-11-24-22/h2-11,16-17H,12-15H2,1H3. The molecule has 2 aromatic carbocycles. The maximum atomic E-state index is 12.9. The molecular formula is C23H23N3O2.